The van der Waals surface area contributed by atoms with Crippen LogP contribution in [0, 0.1) is 0 Å². The Morgan fingerprint density at radius 2 is 1.02 bits per heavy atom. The summed E-state index contributed by atoms with van der Waals surface area (Å²) in [6.07, 6.45) is 0. The molecule has 0 saturated heterocycles. The van der Waals surface area contributed by atoms with E-state index in [1.54, 1.807) is 0 Å². The number of furan rings is 2. The first-order valence-corrected chi connectivity index (χ1v) is 19.7. The molecule has 0 atom stereocenters. The standard InChI is InChI=1S/C52H31NO2S/c1-2-10-38-33(9-1)23-29-42-41-14-7-13-39(51(41)55-52(38)42)34-21-27-37(28-22-34)53(45-15-8-18-49-50(45)43-12-4-6-17-48(43)56-49)36-25-19-32(20-26-36)35-24-30-47-44(31-35)40-11-3-5-16-46(40)54-47/h1-31H. The molecular weight excluding hydrogens is 703 g/mol. The largest absolute Gasteiger partial charge is 0.456 e. The number of hydrogen-bond acceptors (Lipinski definition) is 4. The third-order valence-corrected chi connectivity index (χ3v) is 12.4. The highest BCUT2D eigenvalue weighted by atomic mass is 32.1. The van der Waals surface area contributed by atoms with Gasteiger partial charge in [-0.1, -0.05) is 121 Å². The van der Waals surface area contributed by atoms with E-state index in [9.17, 15) is 0 Å². The number of rotatable bonds is 5. The summed E-state index contributed by atoms with van der Waals surface area (Å²) in [6.45, 7) is 0. The zero-order chi connectivity index (χ0) is 36.7. The van der Waals surface area contributed by atoms with Crippen LogP contribution in [0.3, 0.4) is 0 Å². The average Bonchev–Trinajstić information content (AvgIpc) is 3.96. The van der Waals surface area contributed by atoms with Crippen LogP contribution in [0.4, 0.5) is 17.1 Å². The van der Waals surface area contributed by atoms with Gasteiger partial charge in [0.25, 0.3) is 0 Å². The van der Waals surface area contributed by atoms with Crippen molar-refractivity contribution in [3.63, 3.8) is 0 Å². The van der Waals surface area contributed by atoms with Gasteiger partial charge in [0.05, 0.1) is 5.69 Å². The minimum Gasteiger partial charge on any atom is -0.456 e. The molecule has 0 saturated carbocycles. The number of fused-ring (bicyclic) bond motifs is 11. The second kappa shape index (κ2) is 12.2. The van der Waals surface area contributed by atoms with E-state index in [2.05, 4.69) is 181 Å². The van der Waals surface area contributed by atoms with Gasteiger partial charge in [-0.2, -0.15) is 0 Å². The first-order chi connectivity index (χ1) is 27.7. The first kappa shape index (κ1) is 31.2. The van der Waals surface area contributed by atoms with Gasteiger partial charge >= 0.3 is 0 Å². The van der Waals surface area contributed by atoms with Crippen molar-refractivity contribution in [2.45, 2.75) is 0 Å². The van der Waals surface area contributed by atoms with E-state index in [1.807, 2.05) is 23.5 Å². The molecule has 56 heavy (non-hydrogen) atoms. The van der Waals surface area contributed by atoms with E-state index in [0.717, 1.165) is 88.6 Å². The van der Waals surface area contributed by atoms with Gasteiger partial charge in [0.2, 0.25) is 0 Å². The molecule has 0 aliphatic heterocycles. The van der Waals surface area contributed by atoms with Gasteiger partial charge in [-0.05, 0) is 88.8 Å². The Balaban J connectivity index is 0.993. The van der Waals surface area contributed by atoms with Crippen LogP contribution in [0.5, 0.6) is 0 Å². The summed E-state index contributed by atoms with van der Waals surface area (Å²) in [5.41, 5.74) is 11.5. The quantitative estimate of drug-likeness (QED) is 0.176. The SMILES string of the molecule is c1ccc2c(c1)ccc1c3cccc(-c4ccc(N(c5ccc(-c6ccc7oc8ccccc8c7c6)cc5)c5cccc6sc7ccccc7c56)cc4)c3oc21. The topological polar surface area (TPSA) is 29.5 Å². The van der Waals surface area contributed by atoms with Gasteiger partial charge in [0, 0.05) is 64.0 Å². The second-order valence-corrected chi connectivity index (χ2v) is 15.5. The molecule has 0 unspecified atom stereocenters. The van der Waals surface area contributed by atoms with Crippen LogP contribution in [0.25, 0.3) is 97.1 Å². The molecule has 3 heterocycles. The van der Waals surface area contributed by atoms with E-state index in [4.69, 9.17) is 8.83 Å². The van der Waals surface area contributed by atoms with Gasteiger partial charge in [-0.15, -0.1) is 11.3 Å². The molecule has 0 aliphatic carbocycles. The number of para-hydroxylation sites is 2. The van der Waals surface area contributed by atoms with Crippen molar-refractivity contribution in [2.75, 3.05) is 4.90 Å². The van der Waals surface area contributed by atoms with Crippen molar-refractivity contribution in [3.8, 4) is 22.3 Å². The average molecular weight is 734 g/mol. The van der Waals surface area contributed by atoms with Crippen LogP contribution in [-0.4, -0.2) is 0 Å². The van der Waals surface area contributed by atoms with Crippen LogP contribution in [-0.2, 0) is 0 Å². The van der Waals surface area contributed by atoms with Gasteiger partial charge in [-0.25, -0.2) is 0 Å². The molecule has 0 bridgehead atoms. The van der Waals surface area contributed by atoms with Crippen LogP contribution in [0.1, 0.15) is 0 Å². The van der Waals surface area contributed by atoms with Crippen molar-refractivity contribution >= 4 is 103 Å². The van der Waals surface area contributed by atoms with E-state index in [0.29, 0.717) is 0 Å². The summed E-state index contributed by atoms with van der Waals surface area (Å²) >= 11 is 1.84. The number of hydrogen-bond donors (Lipinski definition) is 0. The zero-order valence-electron chi connectivity index (χ0n) is 30.1. The van der Waals surface area contributed by atoms with E-state index in [-0.39, 0.29) is 0 Å². The van der Waals surface area contributed by atoms with Crippen molar-refractivity contribution in [3.05, 3.63) is 188 Å². The lowest BCUT2D eigenvalue weighted by atomic mass is 10.00. The Hall–Kier alpha value is -7.14. The number of anilines is 3. The Bertz CT molecular complexity index is 3480. The molecule has 0 amide bonds. The normalized spacial score (nSPS) is 11.9. The summed E-state index contributed by atoms with van der Waals surface area (Å²) in [5, 5.41) is 9.38. The highest BCUT2D eigenvalue weighted by molar-refractivity contribution is 7.26. The molecule has 3 nitrogen and oxygen atoms in total. The van der Waals surface area contributed by atoms with Crippen molar-refractivity contribution in [1.29, 1.82) is 0 Å². The summed E-state index contributed by atoms with van der Waals surface area (Å²) in [6, 6.07) is 67.3. The lowest BCUT2D eigenvalue weighted by molar-refractivity contribution is 0.669. The third kappa shape index (κ3) is 4.76. The Morgan fingerprint density at radius 1 is 0.375 bits per heavy atom. The van der Waals surface area contributed by atoms with E-state index < -0.39 is 0 Å². The predicted octanol–water partition coefficient (Wildman–Crippen LogP) is 15.8. The van der Waals surface area contributed by atoms with Gasteiger partial charge in [0.1, 0.15) is 22.3 Å². The van der Waals surface area contributed by atoms with Crippen LogP contribution in [0.2, 0.25) is 0 Å². The summed E-state index contributed by atoms with van der Waals surface area (Å²) in [7, 11) is 0. The predicted molar refractivity (Wildman–Crippen MR) is 237 cm³/mol. The van der Waals surface area contributed by atoms with Gasteiger partial charge in [0.15, 0.2) is 0 Å². The van der Waals surface area contributed by atoms with E-state index in [1.165, 1.54) is 25.6 Å². The van der Waals surface area contributed by atoms with Crippen molar-refractivity contribution in [2.24, 2.45) is 0 Å². The summed E-state index contributed by atoms with van der Waals surface area (Å²) in [4.78, 5) is 2.40. The second-order valence-electron chi connectivity index (χ2n) is 14.4. The molecule has 0 aliphatic rings. The van der Waals surface area contributed by atoms with Crippen LogP contribution >= 0.6 is 11.3 Å². The Kier molecular flexibility index (Phi) is 6.80. The molecule has 0 spiro atoms. The smallest absolute Gasteiger partial charge is 0.143 e. The molecule has 12 rings (SSSR count). The molecule has 262 valence electrons. The summed E-state index contributed by atoms with van der Waals surface area (Å²) < 4.78 is 15.4. The molecule has 3 aromatic heterocycles. The lowest BCUT2D eigenvalue weighted by Gasteiger charge is -2.27. The molecule has 0 radical (unpaired) electrons. The minimum absolute atomic E-state index is 0.905. The summed E-state index contributed by atoms with van der Waals surface area (Å²) in [5.74, 6) is 0. The maximum Gasteiger partial charge on any atom is 0.143 e. The van der Waals surface area contributed by atoms with E-state index >= 15 is 0 Å². The third-order valence-electron chi connectivity index (χ3n) is 11.3. The minimum atomic E-state index is 0.905. The monoisotopic (exact) mass is 733 g/mol. The first-order valence-electron chi connectivity index (χ1n) is 18.9. The van der Waals surface area contributed by atoms with Crippen molar-refractivity contribution in [1.82, 2.24) is 0 Å². The lowest BCUT2D eigenvalue weighted by Crippen LogP contribution is -2.10. The fourth-order valence-corrected chi connectivity index (χ4v) is 9.75. The highest BCUT2D eigenvalue weighted by Crippen LogP contribution is 2.46. The van der Waals surface area contributed by atoms with Crippen molar-refractivity contribution < 1.29 is 8.83 Å². The molecule has 4 heteroatoms. The molecule has 12 aromatic rings. The maximum absolute atomic E-state index is 6.72. The highest BCUT2D eigenvalue weighted by Gasteiger charge is 2.20. The number of thiophene rings is 1. The van der Waals surface area contributed by atoms with Crippen LogP contribution in [0.15, 0.2) is 197 Å². The Labute approximate surface area is 325 Å². The maximum atomic E-state index is 6.72. The number of nitrogens with zero attached hydrogens (tertiary/aromatic N) is 1. The zero-order valence-corrected chi connectivity index (χ0v) is 30.9. The molecule has 0 N–H and O–H groups in total. The number of benzene rings is 9. The molecule has 9 aromatic carbocycles. The fraction of sp³-hybridized carbons (Fsp3) is 0. The molecule has 0 fully saturated rings. The Morgan fingerprint density at radius 3 is 1.88 bits per heavy atom. The molecular formula is C52H31NO2S. The van der Waals surface area contributed by atoms with Gasteiger partial charge in [-0.3, -0.25) is 0 Å². The van der Waals surface area contributed by atoms with Gasteiger partial charge < -0.3 is 13.7 Å². The fourth-order valence-electron chi connectivity index (χ4n) is 8.62. The van der Waals surface area contributed by atoms with Crippen LogP contribution < -0.4 is 4.90 Å².